The maximum atomic E-state index is 12.0. The number of rotatable bonds is 4. The van der Waals surface area contributed by atoms with E-state index in [1.807, 2.05) is 0 Å². The van der Waals surface area contributed by atoms with E-state index in [0.29, 0.717) is 11.5 Å². The molecule has 25 heavy (non-hydrogen) atoms. The standard InChI is InChI=1S/C17H20N2O6/c20-15(10-24-17(22)11-5-1-2-6-11)18-19-16(21)14-9-23-12-7-3-4-8-13(12)25-14/h3-4,7-8,11,14H,1-2,5-6,9-10H2,(H,18,20)(H,19,21)/t14-/m0/s1. The van der Waals surface area contributed by atoms with Gasteiger partial charge in [0.15, 0.2) is 18.1 Å². The fourth-order valence-corrected chi connectivity index (χ4v) is 2.81. The number of ether oxygens (including phenoxy) is 3. The summed E-state index contributed by atoms with van der Waals surface area (Å²) in [5, 5.41) is 0. The molecule has 2 aliphatic rings. The Kier molecular flexibility index (Phi) is 5.37. The lowest BCUT2D eigenvalue weighted by Crippen LogP contribution is -2.51. The largest absolute Gasteiger partial charge is 0.485 e. The third-order valence-corrected chi connectivity index (χ3v) is 4.16. The minimum atomic E-state index is -0.878. The van der Waals surface area contributed by atoms with E-state index in [9.17, 15) is 14.4 Å². The molecule has 0 spiro atoms. The normalized spacial score (nSPS) is 19.1. The number of carbonyl (C=O) groups excluding carboxylic acids is 3. The van der Waals surface area contributed by atoms with Gasteiger partial charge in [-0.1, -0.05) is 25.0 Å². The first-order valence-electron chi connectivity index (χ1n) is 8.27. The summed E-state index contributed by atoms with van der Waals surface area (Å²) in [6.45, 7) is -0.393. The molecule has 1 saturated carbocycles. The molecule has 1 heterocycles. The Morgan fingerprint density at radius 1 is 1.08 bits per heavy atom. The average molecular weight is 348 g/mol. The molecule has 1 fully saturated rings. The fraction of sp³-hybridized carbons (Fsp3) is 0.471. The van der Waals surface area contributed by atoms with E-state index in [1.165, 1.54) is 0 Å². The Bertz CT molecular complexity index is 656. The molecule has 8 heteroatoms. The first-order chi connectivity index (χ1) is 12.1. The molecule has 0 unspecified atom stereocenters. The van der Waals surface area contributed by atoms with Gasteiger partial charge in [-0.25, -0.2) is 0 Å². The lowest BCUT2D eigenvalue weighted by Gasteiger charge is -2.25. The van der Waals surface area contributed by atoms with Crippen molar-refractivity contribution in [3.63, 3.8) is 0 Å². The molecule has 1 aliphatic carbocycles. The summed E-state index contributed by atoms with van der Waals surface area (Å²) in [5.74, 6) is -0.614. The van der Waals surface area contributed by atoms with Gasteiger partial charge in [0.1, 0.15) is 6.61 Å². The van der Waals surface area contributed by atoms with Gasteiger partial charge in [0, 0.05) is 0 Å². The zero-order chi connectivity index (χ0) is 17.6. The molecule has 0 saturated heterocycles. The predicted octanol–water partition coefficient (Wildman–Crippen LogP) is 0.707. The molecule has 1 aromatic carbocycles. The highest BCUT2D eigenvalue weighted by Crippen LogP contribution is 2.30. The van der Waals surface area contributed by atoms with Crippen molar-refractivity contribution >= 4 is 17.8 Å². The summed E-state index contributed by atoms with van der Waals surface area (Å²) in [7, 11) is 0. The van der Waals surface area contributed by atoms with Crippen molar-refractivity contribution in [2.24, 2.45) is 5.92 Å². The molecule has 1 aliphatic heterocycles. The second-order valence-electron chi connectivity index (χ2n) is 5.99. The van der Waals surface area contributed by atoms with Crippen molar-refractivity contribution in [1.82, 2.24) is 10.9 Å². The number of carbonyl (C=O) groups is 3. The number of amides is 2. The maximum absolute atomic E-state index is 12.0. The van der Waals surface area contributed by atoms with Crippen LogP contribution in [0, 0.1) is 5.92 Å². The highest BCUT2D eigenvalue weighted by atomic mass is 16.6. The predicted molar refractivity (Wildman–Crippen MR) is 85.6 cm³/mol. The van der Waals surface area contributed by atoms with Crippen LogP contribution in [0.4, 0.5) is 0 Å². The van der Waals surface area contributed by atoms with Gasteiger partial charge in [-0.3, -0.25) is 25.2 Å². The van der Waals surface area contributed by atoms with Crippen molar-refractivity contribution < 1.29 is 28.6 Å². The van der Waals surface area contributed by atoms with E-state index in [4.69, 9.17) is 14.2 Å². The number of benzene rings is 1. The molecule has 1 atom stereocenters. The fourth-order valence-electron chi connectivity index (χ4n) is 2.81. The number of fused-ring (bicyclic) bond motifs is 1. The maximum Gasteiger partial charge on any atom is 0.309 e. The second-order valence-corrected chi connectivity index (χ2v) is 5.99. The van der Waals surface area contributed by atoms with Gasteiger partial charge in [0.25, 0.3) is 11.8 Å². The molecule has 0 bridgehead atoms. The highest BCUT2D eigenvalue weighted by molar-refractivity contribution is 5.86. The van der Waals surface area contributed by atoms with Gasteiger partial charge < -0.3 is 14.2 Å². The topological polar surface area (TPSA) is 103 Å². The summed E-state index contributed by atoms with van der Waals surface area (Å²) < 4.78 is 15.9. The van der Waals surface area contributed by atoms with Crippen LogP contribution in [0.3, 0.4) is 0 Å². The van der Waals surface area contributed by atoms with Crippen molar-refractivity contribution in [2.45, 2.75) is 31.8 Å². The van der Waals surface area contributed by atoms with E-state index in [0.717, 1.165) is 25.7 Å². The smallest absolute Gasteiger partial charge is 0.309 e. The zero-order valence-electron chi connectivity index (χ0n) is 13.7. The number of para-hydroxylation sites is 2. The van der Waals surface area contributed by atoms with Crippen LogP contribution < -0.4 is 20.3 Å². The summed E-state index contributed by atoms with van der Waals surface area (Å²) in [6.07, 6.45) is 2.75. The van der Waals surface area contributed by atoms with Gasteiger partial charge in [-0.15, -0.1) is 0 Å². The molecule has 2 N–H and O–H groups in total. The minimum Gasteiger partial charge on any atom is -0.485 e. The molecule has 0 radical (unpaired) electrons. The number of hydrogen-bond donors (Lipinski definition) is 2. The van der Waals surface area contributed by atoms with Gasteiger partial charge in [-0.05, 0) is 25.0 Å². The lowest BCUT2D eigenvalue weighted by molar-refractivity contribution is -0.153. The number of nitrogens with one attached hydrogen (secondary N) is 2. The first-order valence-corrected chi connectivity index (χ1v) is 8.27. The molecule has 134 valence electrons. The Balaban J connectivity index is 1.38. The van der Waals surface area contributed by atoms with Crippen LogP contribution in [-0.2, 0) is 19.1 Å². The molecular weight excluding hydrogens is 328 g/mol. The summed E-state index contributed by atoms with van der Waals surface area (Å²) in [4.78, 5) is 35.4. The SMILES string of the molecule is O=C(COC(=O)C1CCCC1)NNC(=O)[C@@H]1COc2ccccc2O1. The van der Waals surface area contributed by atoms with Crippen LogP contribution in [0.2, 0.25) is 0 Å². The monoisotopic (exact) mass is 348 g/mol. The number of hydrogen-bond acceptors (Lipinski definition) is 6. The minimum absolute atomic E-state index is 0.0371. The van der Waals surface area contributed by atoms with Gasteiger partial charge in [0.2, 0.25) is 6.10 Å². The van der Waals surface area contributed by atoms with Crippen molar-refractivity contribution in [2.75, 3.05) is 13.2 Å². The van der Waals surface area contributed by atoms with Gasteiger partial charge >= 0.3 is 5.97 Å². The molecule has 2 amide bonds. The summed E-state index contributed by atoms with van der Waals surface area (Å²) >= 11 is 0. The zero-order valence-corrected chi connectivity index (χ0v) is 13.7. The summed E-state index contributed by atoms with van der Waals surface area (Å²) in [5.41, 5.74) is 4.44. The average Bonchev–Trinajstić information content (AvgIpc) is 3.18. The molecule has 0 aromatic heterocycles. The van der Waals surface area contributed by atoms with E-state index in [2.05, 4.69) is 10.9 Å². The third kappa shape index (κ3) is 4.40. The third-order valence-electron chi connectivity index (χ3n) is 4.16. The van der Waals surface area contributed by atoms with Crippen LogP contribution in [0.25, 0.3) is 0 Å². The summed E-state index contributed by atoms with van der Waals surface area (Å²) in [6, 6.07) is 7.00. The van der Waals surface area contributed by atoms with Crippen LogP contribution in [0.1, 0.15) is 25.7 Å². The molecule has 1 aromatic rings. The van der Waals surface area contributed by atoms with E-state index >= 15 is 0 Å². The van der Waals surface area contributed by atoms with Crippen molar-refractivity contribution in [1.29, 1.82) is 0 Å². The van der Waals surface area contributed by atoms with E-state index in [1.54, 1.807) is 24.3 Å². The number of esters is 1. The van der Waals surface area contributed by atoms with Crippen molar-refractivity contribution in [3.8, 4) is 11.5 Å². The number of hydrazine groups is 1. The Labute approximate surface area is 144 Å². The van der Waals surface area contributed by atoms with Crippen LogP contribution >= 0.6 is 0 Å². The second kappa shape index (κ2) is 7.87. The van der Waals surface area contributed by atoms with E-state index in [-0.39, 0.29) is 18.5 Å². The highest BCUT2D eigenvalue weighted by Gasteiger charge is 2.28. The first kappa shape index (κ1) is 17.1. The van der Waals surface area contributed by atoms with Gasteiger partial charge in [0.05, 0.1) is 5.92 Å². The Hall–Kier alpha value is -2.77. The molecule has 8 nitrogen and oxygen atoms in total. The van der Waals surface area contributed by atoms with E-state index < -0.39 is 24.5 Å². The van der Waals surface area contributed by atoms with Crippen LogP contribution in [0.5, 0.6) is 11.5 Å². The Morgan fingerprint density at radius 3 is 2.56 bits per heavy atom. The Morgan fingerprint density at radius 2 is 1.80 bits per heavy atom. The molecular formula is C17H20N2O6. The van der Waals surface area contributed by atoms with Crippen LogP contribution in [0.15, 0.2) is 24.3 Å². The lowest BCUT2D eigenvalue weighted by atomic mass is 10.1. The van der Waals surface area contributed by atoms with Gasteiger partial charge in [-0.2, -0.15) is 0 Å². The van der Waals surface area contributed by atoms with Crippen molar-refractivity contribution in [3.05, 3.63) is 24.3 Å². The quantitative estimate of drug-likeness (QED) is 0.614. The van der Waals surface area contributed by atoms with Crippen LogP contribution in [-0.4, -0.2) is 37.1 Å². The molecule has 3 rings (SSSR count).